The van der Waals surface area contributed by atoms with E-state index in [1.807, 2.05) is 30.3 Å². The number of oxime groups is 1. The molecule has 5 nitrogen and oxygen atoms in total. The van der Waals surface area contributed by atoms with Crippen LogP contribution >= 0.6 is 0 Å². The maximum atomic E-state index is 11.8. The molecule has 2 rings (SSSR count). The Morgan fingerprint density at radius 3 is 2.55 bits per heavy atom. The third kappa shape index (κ3) is 4.21. The first kappa shape index (κ1) is 15.3. The summed E-state index contributed by atoms with van der Waals surface area (Å²) < 4.78 is 10.4. The molecule has 0 aliphatic heterocycles. The van der Waals surface area contributed by atoms with E-state index in [-0.39, 0.29) is 0 Å². The minimum atomic E-state index is -0.509. The van der Waals surface area contributed by atoms with Gasteiger partial charge in [0, 0.05) is 11.6 Å². The summed E-state index contributed by atoms with van der Waals surface area (Å²) in [5.74, 6) is 0.157. The van der Waals surface area contributed by atoms with Crippen LogP contribution in [0.4, 0.5) is 0 Å². The van der Waals surface area contributed by atoms with Gasteiger partial charge >= 0.3 is 5.97 Å². The molecule has 0 aliphatic carbocycles. The smallest absolute Gasteiger partial charge is 0.336 e. The van der Waals surface area contributed by atoms with Crippen molar-refractivity contribution in [1.29, 1.82) is 0 Å². The summed E-state index contributed by atoms with van der Waals surface area (Å²) >= 11 is 0. The molecule has 0 amide bonds. The molecule has 0 atom stereocenters. The van der Waals surface area contributed by atoms with Gasteiger partial charge in [-0.15, -0.1) is 0 Å². The molecule has 5 heteroatoms. The molecule has 112 valence electrons. The molecule has 0 aliphatic rings. The Labute approximate surface area is 128 Å². The normalized spacial score (nSPS) is 11.0. The Morgan fingerprint density at radius 1 is 1.09 bits per heavy atom. The van der Waals surface area contributed by atoms with Gasteiger partial charge < -0.3 is 14.7 Å². The van der Waals surface area contributed by atoms with Crippen molar-refractivity contribution < 1.29 is 19.5 Å². The zero-order valence-electron chi connectivity index (χ0n) is 12.0. The number of hydrogen-bond donors (Lipinski definition) is 1. The number of hydrogen-bond acceptors (Lipinski definition) is 5. The standard InChI is InChI=1S/C17H15NO4/c1-21-16-11-14(12-18-20)7-9-15(16)22-17(19)10-8-13-5-3-2-4-6-13/h2-12,20H,1H3/b10-8+,18-12+. The average Bonchev–Trinajstić information content (AvgIpc) is 2.55. The van der Waals surface area contributed by atoms with E-state index < -0.39 is 5.97 Å². The molecule has 2 aromatic rings. The summed E-state index contributed by atoms with van der Waals surface area (Å²) in [6.07, 6.45) is 4.27. The first-order valence-corrected chi connectivity index (χ1v) is 6.53. The minimum Gasteiger partial charge on any atom is -0.493 e. The lowest BCUT2D eigenvalue weighted by molar-refractivity contribution is -0.129. The van der Waals surface area contributed by atoms with E-state index >= 15 is 0 Å². The largest absolute Gasteiger partial charge is 0.493 e. The second-order valence-electron chi connectivity index (χ2n) is 4.32. The van der Waals surface area contributed by atoms with Gasteiger partial charge in [-0.05, 0) is 29.8 Å². The number of rotatable bonds is 5. The molecule has 0 fully saturated rings. The van der Waals surface area contributed by atoms with Crippen LogP contribution in [0.25, 0.3) is 6.08 Å². The zero-order chi connectivity index (χ0) is 15.8. The van der Waals surface area contributed by atoms with E-state index in [1.165, 1.54) is 19.4 Å². The molecule has 22 heavy (non-hydrogen) atoms. The van der Waals surface area contributed by atoms with E-state index in [2.05, 4.69) is 5.16 Å². The van der Waals surface area contributed by atoms with Gasteiger partial charge in [-0.2, -0.15) is 0 Å². The summed E-state index contributed by atoms with van der Waals surface area (Å²) in [6, 6.07) is 14.3. The van der Waals surface area contributed by atoms with Crippen molar-refractivity contribution in [1.82, 2.24) is 0 Å². The lowest BCUT2D eigenvalue weighted by Gasteiger charge is -2.08. The first-order valence-electron chi connectivity index (χ1n) is 6.53. The SMILES string of the molecule is COc1cc(/C=N/O)ccc1OC(=O)/C=C/c1ccccc1. The van der Waals surface area contributed by atoms with Gasteiger partial charge in [-0.25, -0.2) is 4.79 Å². The predicted octanol–water partition coefficient (Wildman–Crippen LogP) is 3.12. The van der Waals surface area contributed by atoms with Crippen molar-refractivity contribution in [2.24, 2.45) is 5.16 Å². The van der Waals surface area contributed by atoms with Gasteiger partial charge in [0.1, 0.15) is 0 Å². The van der Waals surface area contributed by atoms with Crippen LogP contribution in [0.1, 0.15) is 11.1 Å². The molecule has 0 heterocycles. The van der Waals surface area contributed by atoms with Crippen LogP contribution in [-0.4, -0.2) is 24.5 Å². The first-order chi connectivity index (χ1) is 10.7. The van der Waals surface area contributed by atoms with Crippen LogP contribution in [0.15, 0.2) is 59.8 Å². The molecule has 0 radical (unpaired) electrons. The van der Waals surface area contributed by atoms with Crippen molar-refractivity contribution in [3.63, 3.8) is 0 Å². The Kier molecular flexibility index (Phi) is 5.31. The molecular formula is C17H15NO4. The van der Waals surface area contributed by atoms with Crippen molar-refractivity contribution in [3.8, 4) is 11.5 Å². The van der Waals surface area contributed by atoms with Crippen molar-refractivity contribution in [2.45, 2.75) is 0 Å². The fraction of sp³-hybridized carbons (Fsp3) is 0.0588. The average molecular weight is 297 g/mol. The van der Waals surface area contributed by atoms with E-state index in [1.54, 1.807) is 24.3 Å². The van der Waals surface area contributed by atoms with Gasteiger partial charge in [0.25, 0.3) is 0 Å². The Hall–Kier alpha value is -3.08. The third-order valence-corrected chi connectivity index (χ3v) is 2.82. The Morgan fingerprint density at radius 2 is 1.86 bits per heavy atom. The summed E-state index contributed by atoms with van der Waals surface area (Å²) in [4.78, 5) is 11.8. The van der Waals surface area contributed by atoms with Crippen molar-refractivity contribution >= 4 is 18.3 Å². The molecule has 0 saturated carbocycles. The number of nitrogens with zero attached hydrogens (tertiary/aromatic N) is 1. The molecule has 0 spiro atoms. The summed E-state index contributed by atoms with van der Waals surface area (Å²) in [6.45, 7) is 0. The van der Waals surface area contributed by atoms with E-state index in [0.29, 0.717) is 17.1 Å². The molecule has 0 saturated heterocycles. The number of methoxy groups -OCH3 is 1. The number of benzene rings is 2. The van der Waals surface area contributed by atoms with Gasteiger partial charge in [0.15, 0.2) is 11.5 Å². The summed E-state index contributed by atoms with van der Waals surface area (Å²) in [7, 11) is 1.46. The lowest BCUT2D eigenvalue weighted by Crippen LogP contribution is -2.05. The summed E-state index contributed by atoms with van der Waals surface area (Å²) in [5.41, 5.74) is 1.53. The van der Waals surface area contributed by atoms with Gasteiger partial charge in [0.2, 0.25) is 0 Å². The maximum absolute atomic E-state index is 11.8. The third-order valence-electron chi connectivity index (χ3n) is 2.82. The molecule has 2 aromatic carbocycles. The predicted molar refractivity (Wildman–Crippen MR) is 83.5 cm³/mol. The monoisotopic (exact) mass is 297 g/mol. The maximum Gasteiger partial charge on any atom is 0.336 e. The molecular weight excluding hydrogens is 282 g/mol. The quantitative estimate of drug-likeness (QED) is 0.230. The van der Waals surface area contributed by atoms with Crippen LogP contribution in [0.5, 0.6) is 11.5 Å². The van der Waals surface area contributed by atoms with Gasteiger partial charge in [-0.3, -0.25) is 0 Å². The van der Waals surface area contributed by atoms with Crippen LogP contribution in [0, 0.1) is 0 Å². The number of carbonyl (C=O) groups is 1. The molecule has 0 aromatic heterocycles. The van der Waals surface area contributed by atoms with E-state index in [0.717, 1.165) is 5.56 Å². The van der Waals surface area contributed by atoms with Crippen molar-refractivity contribution in [3.05, 3.63) is 65.7 Å². The Bertz CT molecular complexity index is 693. The molecule has 1 N–H and O–H groups in total. The van der Waals surface area contributed by atoms with Crippen LogP contribution < -0.4 is 9.47 Å². The fourth-order valence-electron chi connectivity index (χ4n) is 1.79. The zero-order valence-corrected chi connectivity index (χ0v) is 12.0. The molecule has 0 unspecified atom stereocenters. The highest BCUT2D eigenvalue weighted by Crippen LogP contribution is 2.27. The Balaban J connectivity index is 2.09. The van der Waals surface area contributed by atoms with Crippen LogP contribution in [0.2, 0.25) is 0 Å². The number of carbonyl (C=O) groups excluding carboxylic acids is 1. The van der Waals surface area contributed by atoms with Crippen molar-refractivity contribution in [2.75, 3.05) is 7.11 Å². The number of esters is 1. The molecule has 0 bridgehead atoms. The van der Waals surface area contributed by atoms with Crippen LogP contribution in [-0.2, 0) is 4.79 Å². The fourth-order valence-corrected chi connectivity index (χ4v) is 1.79. The van der Waals surface area contributed by atoms with E-state index in [4.69, 9.17) is 14.7 Å². The second kappa shape index (κ2) is 7.64. The highest BCUT2D eigenvalue weighted by Gasteiger charge is 2.08. The van der Waals surface area contributed by atoms with Crippen LogP contribution in [0.3, 0.4) is 0 Å². The second-order valence-corrected chi connectivity index (χ2v) is 4.32. The van der Waals surface area contributed by atoms with E-state index in [9.17, 15) is 4.79 Å². The van der Waals surface area contributed by atoms with Gasteiger partial charge in [0.05, 0.1) is 13.3 Å². The van der Waals surface area contributed by atoms with Gasteiger partial charge in [-0.1, -0.05) is 35.5 Å². The lowest BCUT2D eigenvalue weighted by atomic mass is 10.2. The minimum absolute atomic E-state index is 0.292. The topological polar surface area (TPSA) is 68.1 Å². The summed E-state index contributed by atoms with van der Waals surface area (Å²) in [5, 5.41) is 11.4. The number of ether oxygens (including phenoxy) is 2. The highest BCUT2D eigenvalue weighted by atomic mass is 16.6. The highest BCUT2D eigenvalue weighted by molar-refractivity contribution is 5.89.